The van der Waals surface area contributed by atoms with Crippen LogP contribution in [-0.4, -0.2) is 50.2 Å². The van der Waals surface area contributed by atoms with Gasteiger partial charge < -0.3 is 15.5 Å². The van der Waals surface area contributed by atoms with Crippen molar-refractivity contribution >= 4 is 0 Å². The number of hydrogen-bond acceptors (Lipinski definition) is 3. The summed E-state index contributed by atoms with van der Waals surface area (Å²) in [7, 11) is 2.22. The Morgan fingerprint density at radius 1 is 1.14 bits per heavy atom. The van der Waals surface area contributed by atoms with Gasteiger partial charge in [0.1, 0.15) is 0 Å². The number of nitrogens with zero attached hydrogens (tertiary/aromatic N) is 1. The summed E-state index contributed by atoms with van der Waals surface area (Å²) < 4.78 is 0. The quantitative estimate of drug-likeness (QED) is 0.672. The van der Waals surface area contributed by atoms with E-state index in [1.807, 2.05) is 0 Å². The SMILES string of the molecule is CN1CCC(N[C@H]2CCCNC2)CC1. The van der Waals surface area contributed by atoms with Crippen LogP contribution in [0.25, 0.3) is 0 Å². The number of piperidine rings is 2. The van der Waals surface area contributed by atoms with Crippen LogP contribution in [0.3, 0.4) is 0 Å². The summed E-state index contributed by atoms with van der Waals surface area (Å²) in [4.78, 5) is 2.43. The second-order valence-corrected chi connectivity index (χ2v) is 4.79. The lowest BCUT2D eigenvalue weighted by atomic mass is 10.0. The molecule has 14 heavy (non-hydrogen) atoms. The topological polar surface area (TPSA) is 27.3 Å². The van der Waals surface area contributed by atoms with Gasteiger partial charge >= 0.3 is 0 Å². The highest BCUT2D eigenvalue weighted by atomic mass is 15.1. The lowest BCUT2D eigenvalue weighted by Crippen LogP contribution is -2.50. The monoisotopic (exact) mass is 197 g/mol. The van der Waals surface area contributed by atoms with Crippen LogP contribution in [-0.2, 0) is 0 Å². The Morgan fingerprint density at radius 3 is 2.57 bits per heavy atom. The lowest BCUT2D eigenvalue weighted by Gasteiger charge is -2.34. The summed E-state index contributed by atoms with van der Waals surface area (Å²) in [5, 5.41) is 7.25. The third-order valence-electron chi connectivity index (χ3n) is 3.49. The smallest absolute Gasteiger partial charge is 0.0195 e. The van der Waals surface area contributed by atoms with E-state index in [2.05, 4.69) is 22.6 Å². The molecule has 2 saturated heterocycles. The molecule has 0 amide bonds. The molecule has 2 N–H and O–H groups in total. The fourth-order valence-electron chi connectivity index (χ4n) is 2.50. The summed E-state index contributed by atoms with van der Waals surface area (Å²) >= 11 is 0. The Hall–Kier alpha value is -0.120. The average molecular weight is 197 g/mol. The maximum absolute atomic E-state index is 3.79. The van der Waals surface area contributed by atoms with Crippen molar-refractivity contribution < 1.29 is 0 Å². The van der Waals surface area contributed by atoms with Crippen molar-refractivity contribution in [1.29, 1.82) is 0 Å². The first kappa shape index (κ1) is 10.4. The summed E-state index contributed by atoms with van der Waals surface area (Å²) in [6.07, 6.45) is 5.35. The van der Waals surface area contributed by atoms with Gasteiger partial charge in [-0.2, -0.15) is 0 Å². The molecule has 2 aliphatic heterocycles. The molecular weight excluding hydrogens is 174 g/mol. The highest BCUT2D eigenvalue weighted by Gasteiger charge is 2.20. The van der Waals surface area contributed by atoms with Crippen molar-refractivity contribution in [3.63, 3.8) is 0 Å². The summed E-state index contributed by atoms with van der Waals surface area (Å²) in [6, 6.07) is 1.51. The van der Waals surface area contributed by atoms with E-state index in [-0.39, 0.29) is 0 Å². The molecule has 2 aliphatic rings. The first-order valence-electron chi connectivity index (χ1n) is 6.00. The van der Waals surface area contributed by atoms with E-state index in [0.29, 0.717) is 0 Å². The van der Waals surface area contributed by atoms with E-state index >= 15 is 0 Å². The highest BCUT2D eigenvalue weighted by molar-refractivity contribution is 4.82. The number of likely N-dealkylation sites (tertiary alicyclic amines) is 1. The van der Waals surface area contributed by atoms with Gasteiger partial charge in [0.2, 0.25) is 0 Å². The minimum atomic E-state index is 0.733. The van der Waals surface area contributed by atoms with Gasteiger partial charge in [-0.25, -0.2) is 0 Å². The molecule has 0 aromatic heterocycles. The van der Waals surface area contributed by atoms with E-state index in [1.54, 1.807) is 0 Å². The molecule has 0 aliphatic carbocycles. The molecule has 82 valence electrons. The summed E-state index contributed by atoms with van der Waals surface area (Å²) in [5.74, 6) is 0. The van der Waals surface area contributed by atoms with Gasteiger partial charge in [0.25, 0.3) is 0 Å². The van der Waals surface area contributed by atoms with E-state index in [1.165, 1.54) is 51.9 Å². The van der Waals surface area contributed by atoms with Crippen LogP contribution < -0.4 is 10.6 Å². The molecule has 1 atom stereocenters. The molecule has 2 fully saturated rings. The molecule has 2 heterocycles. The van der Waals surface area contributed by atoms with Crippen LogP contribution >= 0.6 is 0 Å². The van der Waals surface area contributed by atoms with Gasteiger partial charge in [-0.15, -0.1) is 0 Å². The van der Waals surface area contributed by atoms with Gasteiger partial charge in [0.05, 0.1) is 0 Å². The van der Waals surface area contributed by atoms with Gasteiger partial charge in [-0.1, -0.05) is 0 Å². The standard InChI is InChI=1S/C11H23N3/c1-14-7-4-10(5-8-14)13-11-3-2-6-12-9-11/h10-13H,2-9H2,1H3/t11-/m0/s1. The summed E-state index contributed by atoms with van der Waals surface area (Å²) in [6.45, 7) is 4.91. The molecular formula is C11H23N3. The fraction of sp³-hybridized carbons (Fsp3) is 1.00. The Balaban J connectivity index is 1.68. The van der Waals surface area contributed by atoms with Crippen LogP contribution in [0, 0.1) is 0 Å². The highest BCUT2D eigenvalue weighted by Crippen LogP contribution is 2.11. The van der Waals surface area contributed by atoms with Crippen molar-refractivity contribution in [3.05, 3.63) is 0 Å². The molecule has 3 heteroatoms. The first-order chi connectivity index (χ1) is 6.84. The zero-order valence-corrected chi connectivity index (χ0v) is 9.26. The Morgan fingerprint density at radius 2 is 1.93 bits per heavy atom. The molecule has 0 aromatic rings. The van der Waals surface area contributed by atoms with E-state index in [4.69, 9.17) is 0 Å². The Kier molecular flexibility index (Phi) is 3.79. The second-order valence-electron chi connectivity index (χ2n) is 4.79. The lowest BCUT2D eigenvalue weighted by molar-refractivity contribution is 0.216. The first-order valence-corrected chi connectivity index (χ1v) is 6.00. The number of nitrogens with one attached hydrogen (secondary N) is 2. The van der Waals surface area contributed by atoms with Crippen LogP contribution in [0.4, 0.5) is 0 Å². The minimum Gasteiger partial charge on any atom is -0.315 e. The zero-order valence-electron chi connectivity index (χ0n) is 9.26. The van der Waals surface area contributed by atoms with E-state index in [9.17, 15) is 0 Å². The maximum Gasteiger partial charge on any atom is 0.0195 e. The molecule has 2 rings (SSSR count). The molecule has 3 nitrogen and oxygen atoms in total. The third kappa shape index (κ3) is 2.94. The third-order valence-corrected chi connectivity index (χ3v) is 3.49. The van der Waals surface area contributed by atoms with Gasteiger partial charge in [0.15, 0.2) is 0 Å². The van der Waals surface area contributed by atoms with Crippen molar-refractivity contribution in [2.24, 2.45) is 0 Å². The molecule has 0 spiro atoms. The van der Waals surface area contributed by atoms with E-state index in [0.717, 1.165) is 12.1 Å². The normalized spacial score (nSPS) is 31.9. The van der Waals surface area contributed by atoms with Gasteiger partial charge in [0, 0.05) is 18.6 Å². The second kappa shape index (κ2) is 5.10. The van der Waals surface area contributed by atoms with Gasteiger partial charge in [-0.3, -0.25) is 0 Å². The average Bonchev–Trinajstić information content (AvgIpc) is 2.23. The Labute approximate surface area is 87.2 Å². The predicted octanol–water partition coefficient (Wildman–Crippen LogP) is 0.422. The Bertz CT molecular complexity index is 158. The molecule has 0 bridgehead atoms. The van der Waals surface area contributed by atoms with Crippen molar-refractivity contribution in [2.75, 3.05) is 33.2 Å². The number of hydrogen-bond donors (Lipinski definition) is 2. The van der Waals surface area contributed by atoms with Crippen molar-refractivity contribution in [1.82, 2.24) is 15.5 Å². The van der Waals surface area contributed by atoms with Crippen molar-refractivity contribution in [2.45, 2.75) is 37.8 Å². The largest absolute Gasteiger partial charge is 0.315 e. The summed E-state index contributed by atoms with van der Waals surface area (Å²) in [5.41, 5.74) is 0. The van der Waals surface area contributed by atoms with Crippen LogP contribution in [0.2, 0.25) is 0 Å². The molecule has 0 saturated carbocycles. The van der Waals surface area contributed by atoms with Crippen molar-refractivity contribution in [3.8, 4) is 0 Å². The van der Waals surface area contributed by atoms with E-state index < -0.39 is 0 Å². The fourth-order valence-corrected chi connectivity index (χ4v) is 2.50. The maximum atomic E-state index is 3.79. The minimum absolute atomic E-state index is 0.733. The van der Waals surface area contributed by atoms with Gasteiger partial charge in [-0.05, 0) is 52.4 Å². The molecule has 0 radical (unpaired) electrons. The zero-order chi connectivity index (χ0) is 9.80. The molecule has 0 unspecified atom stereocenters. The number of rotatable bonds is 2. The molecule has 0 aromatic carbocycles. The predicted molar refractivity (Wildman–Crippen MR) is 59.5 cm³/mol. The van der Waals surface area contributed by atoms with Crippen LogP contribution in [0.15, 0.2) is 0 Å². The van der Waals surface area contributed by atoms with Crippen LogP contribution in [0.1, 0.15) is 25.7 Å². The van der Waals surface area contributed by atoms with Crippen LogP contribution in [0.5, 0.6) is 0 Å².